The van der Waals surface area contributed by atoms with Crippen LogP contribution >= 0.6 is 11.3 Å². The Kier molecular flexibility index (Phi) is 4.25. The van der Waals surface area contributed by atoms with E-state index in [1.165, 1.54) is 0 Å². The predicted octanol–water partition coefficient (Wildman–Crippen LogP) is 5.06. The SMILES string of the molecule is O=C(/C=C1/NCCc2cc3c(cc21)OCO3)c1cc(-c2cccs2)nc2ccccc12. The van der Waals surface area contributed by atoms with Crippen molar-refractivity contribution in [1.29, 1.82) is 0 Å². The second kappa shape index (κ2) is 7.25. The first-order valence-corrected chi connectivity index (χ1v) is 11.0. The van der Waals surface area contributed by atoms with E-state index < -0.39 is 0 Å². The number of benzene rings is 2. The number of aromatic nitrogens is 1. The van der Waals surface area contributed by atoms with E-state index in [-0.39, 0.29) is 12.6 Å². The molecule has 0 saturated heterocycles. The molecule has 2 aromatic carbocycles. The van der Waals surface area contributed by atoms with Crippen LogP contribution in [-0.4, -0.2) is 24.1 Å². The van der Waals surface area contributed by atoms with Crippen LogP contribution in [0.1, 0.15) is 21.5 Å². The minimum Gasteiger partial charge on any atom is -0.454 e. The average molecular weight is 426 g/mol. The highest BCUT2D eigenvalue weighted by Gasteiger charge is 2.23. The summed E-state index contributed by atoms with van der Waals surface area (Å²) < 4.78 is 11.1. The van der Waals surface area contributed by atoms with Crippen LogP contribution in [-0.2, 0) is 6.42 Å². The van der Waals surface area contributed by atoms with E-state index in [9.17, 15) is 4.79 Å². The second-order valence-electron chi connectivity index (χ2n) is 7.51. The molecule has 6 rings (SSSR count). The van der Waals surface area contributed by atoms with Crippen LogP contribution in [0.15, 0.2) is 66.1 Å². The fourth-order valence-electron chi connectivity index (χ4n) is 4.14. The Morgan fingerprint density at radius 3 is 2.81 bits per heavy atom. The Bertz CT molecular complexity index is 1360. The predicted molar refractivity (Wildman–Crippen MR) is 122 cm³/mol. The highest BCUT2D eigenvalue weighted by Crippen LogP contribution is 2.38. The number of nitrogens with one attached hydrogen (secondary N) is 1. The Morgan fingerprint density at radius 1 is 1.06 bits per heavy atom. The third-order valence-corrected chi connectivity index (χ3v) is 6.52. The van der Waals surface area contributed by atoms with Gasteiger partial charge in [0.15, 0.2) is 17.3 Å². The van der Waals surface area contributed by atoms with Crippen LogP contribution in [0.4, 0.5) is 0 Å². The topological polar surface area (TPSA) is 60.5 Å². The minimum atomic E-state index is -0.0515. The molecule has 5 nitrogen and oxygen atoms in total. The summed E-state index contributed by atoms with van der Waals surface area (Å²) in [5.74, 6) is 1.44. The summed E-state index contributed by atoms with van der Waals surface area (Å²) in [6, 6.07) is 17.7. The zero-order valence-electron chi connectivity index (χ0n) is 16.6. The summed E-state index contributed by atoms with van der Waals surface area (Å²) in [7, 11) is 0. The lowest BCUT2D eigenvalue weighted by Crippen LogP contribution is -2.23. The van der Waals surface area contributed by atoms with Gasteiger partial charge in [-0.05, 0) is 47.7 Å². The summed E-state index contributed by atoms with van der Waals surface area (Å²) in [5.41, 5.74) is 5.23. The van der Waals surface area contributed by atoms with Crippen LogP contribution in [0.5, 0.6) is 11.5 Å². The molecule has 0 fully saturated rings. The third-order valence-electron chi connectivity index (χ3n) is 5.63. The zero-order chi connectivity index (χ0) is 20.8. The Morgan fingerprint density at radius 2 is 1.94 bits per heavy atom. The normalized spacial score (nSPS) is 15.7. The van der Waals surface area contributed by atoms with Crippen LogP contribution in [0.2, 0.25) is 0 Å². The summed E-state index contributed by atoms with van der Waals surface area (Å²) in [6.07, 6.45) is 2.57. The van der Waals surface area contributed by atoms with Crippen LogP contribution in [0, 0.1) is 0 Å². The molecule has 0 spiro atoms. The van der Waals surface area contributed by atoms with Crippen molar-refractivity contribution in [2.24, 2.45) is 0 Å². The molecule has 0 saturated carbocycles. The Labute approximate surface area is 183 Å². The van der Waals surface area contributed by atoms with E-state index in [0.29, 0.717) is 5.56 Å². The standard InChI is InChI=1S/C25H18N2O3S/c28-22(13-20-17-12-24-23(29-14-30-24)10-15(17)7-8-26-20)18-11-21(25-6-3-9-31-25)27-19-5-2-1-4-16(18)19/h1-6,9-13,26H,7-8,14H2/b20-13+. The maximum atomic E-state index is 13.5. The first kappa shape index (κ1) is 18.2. The summed E-state index contributed by atoms with van der Waals surface area (Å²) in [6.45, 7) is 1.00. The lowest BCUT2D eigenvalue weighted by Gasteiger charge is -2.21. The van der Waals surface area contributed by atoms with Gasteiger partial charge in [-0.15, -0.1) is 11.3 Å². The van der Waals surface area contributed by atoms with Crippen LogP contribution in [0.3, 0.4) is 0 Å². The Hall–Kier alpha value is -3.64. The zero-order valence-corrected chi connectivity index (χ0v) is 17.4. The van der Waals surface area contributed by atoms with Crippen molar-refractivity contribution in [3.63, 3.8) is 0 Å². The number of pyridine rings is 1. The number of hydrogen-bond donors (Lipinski definition) is 1. The van der Waals surface area contributed by atoms with E-state index in [0.717, 1.165) is 62.8 Å². The third kappa shape index (κ3) is 3.16. The maximum absolute atomic E-state index is 13.5. The molecule has 152 valence electrons. The van der Waals surface area contributed by atoms with Gasteiger partial charge in [0, 0.05) is 34.8 Å². The minimum absolute atomic E-state index is 0.0515. The molecule has 4 heterocycles. The van der Waals surface area contributed by atoms with E-state index >= 15 is 0 Å². The molecule has 0 amide bonds. The van der Waals surface area contributed by atoms with E-state index in [1.54, 1.807) is 17.4 Å². The lowest BCUT2D eigenvalue weighted by molar-refractivity contribution is 0.104. The van der Waals surface area contributed by atoms with Gasteiger partial charge in [-0.1, -0.05) is 24.3 Å². The summed E-state index contributed by atoms with van der Waals surface area (Å²) >= 11 is 1.62. The molecule has 4 aromatic rings. The number of thiophene rings is 1. The van der Waals surface area contributed by atoms with Crippen molar-refractivity contribution in [3.05, 3.63) is 82.7 Å². The van der Waals surface area contributed by atoms with Crippen molar-refractivity contribution < 1.29 is 14.3 Å². The van der Waals surface area contributed by atoms with Crippen molar-refractivity contribution >= 4 is 33.7 Å². The molecule has 1 N–H and O–H groups in total. The number of fused-ring (bicyclic) bond motifs is 3. The second-order valence-corrected chi connectivity index (χ2v) is 8.46. The largest absolute Gasteiger partial charge is 0.454 e. The average Bonchev–Trinajstić information content (AvgIpc) is 3.49. The summed E-state index contributed by atoms with van der Waals surface area (Å²) in [5, 5.41) is 6.26. The number of nitrogens with zero attached hydrogens (tertiary/aromatic N) is 1. The molecular formula is C25H18N2O3S. The molecule has 2 aromatic heterocycles. The Balaban J connectivity index is 1.47. The number of ether oxygens (including phenoxy) is 2. The fourth-order valence-corrected chi connectivity index (χ4v) is 4.82. The first-order valence-electron chi connectivity index (χ1n) is 10.1. The molecule has 6 heteroatoms. The van der Waals surface area contributed by atoms with Gasteiger partial charge in [0.25, 0.3) is 0 Å². The number of carbonyl (C=O) groups excluding carboxylic acids is 1. The number of ketones is 1. The molecule has 2 aliphatic heterocycles. The van der Waals surface area contributed by atoms with E-state index in [4.69, 9.17) is 14.5 Å². The number of allylic oxidation sites excluding steroid dienone is 1. The number of carbonyl (C=O) groups is 1. The van der Waals surface area contributed by atoms with Crippen molar-refractivity contribution in [1.82, 2.24) is 10.3 Å². The molecule has 0 unspecified atom stereocenters. The maximum Gasteiger partial charge on any atom is 0.231 e. The number of para-hydroxylation sites is 1. The summed E-state index contributed by atoms with van der Waals surface area (Å²) in [4.78, 5) is 19.3. The van der Waals surface area contributed by atoms with Crippen LogP contribution < -0.4 is 14.8 Å². The van der Waals surface area contributed by atoms with Crippen molar-refractivity contribution in [2.75, 3.05) is 13.3 Å². The van der Waals surface area contributed by atoms with Crippen molar-refractivity contribution in [3.8, 4) is 22.1 Å². The molecule has 0 bridgehead atoms. The molecule has 31 heavy (non-hydrogen) atoms. The molecule has 2 aliphatic rings. The van der Waals surface area contributed by atoms with E-state index in [2.05, 4.69) is 5.32 Å². The molecule has 0 radical (unpaired) electrons. The van der Waals surface area contributed by atoms with Gasteiger partial charge in [0.2, 0.25) is 6.79 Å². The molecule has 0 atom stereocenters. The van der Waals surface area contributed by atoms with Gasteiger partial charge in [0.05, 0.1) is 16.1 Å². The molecule has 0 aliphatic carbocycles. The fraction of sp³-hybridized carbons (Fsp3) is 0.120. The monoisotopic (exact) mass is 426 g/mol. The van der Waals surface area contributed by atoms with Gasteiger partial charge in [-0.3, -0.25) is 4.79 Å². The number of rotatable bonds is 3. The quantitative estimate of drug-likeness (QED) is 0.366. The van der Waals surface area contributed by atoms with E-state index in [1.807, 2.05) is 60.0 Å². The van der Waals surface area contributed by atoms with Gasteiger partial charge >= 0.3 is 0 Å². The highest BCUT2D eigenvalue weighted by molar-refractivity contribution is 7.13. The van der Waals surface area contributed by atoms with Crippen LogP contribution in [0.25, 0.3) is 27.2 Å². The van der Waals surface area contributed by atoms with Gasteiger partial charge in [-0.2, -0.15) is 0 Å². The smallest absolute Gasteiger partial charge is 0.231 e. The van der Waals surface area contributed by atoms with Gasteiger partial charge < -0.3 is 14.8 Å². The van der Waals surface area contributed by atoms with Crippen molar-refractivity contribution in [2.45, 2.75) is 6.42 Å². The molecular weight excluding hydrogens is 408 g/mol. The van der Waals surface area contributed by atoms with Gasteiger partial charge in [0.1, 0.15) is 0 Å². The lowest BCUT2D eigenvalue weighted by atomic mass is 9.95. The highest BCUT2D eigenvalue weighted by atomic mass is 32.1. The van der Waals surface area contributed by atoms with Gasteiger partial charge in [-0.25, -0.2) is 4.98 Å². The first-order chi connectivity index (χ1) is 15.3. The number of hydrogen-bond acceptors (Lipinski definition) is 6.